The van der Waals surface area contributed by atoms with Crippen LogP contribution in [-0.4, -0.2) is 36.7 Å². The number of benzene rings is 1. The van der Waals surface area contributed by atoms with Crippen molar-refractivity contribution in [3.8, 4) is 5.75 Å². The van der Waals surface area contributed by atoms with Crippen molar-refractivity contribution in [2.75, 3.05) is 22.8 Å². The smallest absolute Gasteiger partial charge is 0.237 e. The molecule has 2 aromatic rings. The first-order chi connectivity index (χ1) is 10.1. The Morgan fingerprint density at radius 2 is 2.05 bits per heavy atom. The van der Waals surface area contributed by atoms with Gasteiger partial charge in [-0.3, -0.25) is 4.72 Å². The van der Waals surface area contributed by atoms with Crippen LogP contribution in [0.2, 0.25) is 0 Å². The molecule has 0 saturated heterocycles. The van der Waals surface area contributed by atoms with Gasteiger partial charge in [0.25, 0.3) is 0 Å². The molecule has 2 rings (SSSR count). The zero-order chi connectivity index (χ0) is 15.1. The predicted molar refractivity (Wildman–Crippen MR) is 85.7 cm³/mol. The van der Waals surface area contributed by atoms with Crippen LogP contribution in [0.1, 0.15) is 6.92 Å². The average Bonchev–Trinajstić information content (AvgIpc) is 2.86. The number of nitrogens with one attached hydrogen (secondary N) is 1. The topological polar surface area (TPSA) is 81.2 Å². The van der Waals surface area contributed by atoms with Crippen LogP contribution < -0.4 is 9.46 Å². The molecule has 9 heteroatoms. The number of para-hydroxylation sites is 1. The van der Waals surface area contributed by atoms with Crippen LogP contribution in [0.4, 0.5) is 5.13 Å². The van der Waals surface area contributed by atoms with Crippen molar-refractivity contribution in [3.05, 3.63) is 30.3 Å². The maximum atomic E-state index is 11.9. The standard InChI is InChI=1S/C12H15N3O3S3/c1-2-19-12-14-13-11(20-12)15-21(16,17)9-8-18-10-6-4-3-5-7-10/h3-7H,2,8-9H2,1H3,(H,13,15). The lowest BCUT2D eigenvalue weighted by Gasteiger charge is -2.07. The second-order valence-corrected chi connectivity index (χ2v) is 8.22. The summed E-state index contributed by atoms with van der Waals surface area (Å²) >= 11 is 2.75. The maximum Gasteiger partial charge on any atom is 0.237 e. The maximum absolute atomic E-state index is 11.9. The number of nitrogens with zero attached hydrogens (tertiary/aromatic N) is 2. The van der Waals surface area contributed by atoms with Gasteiger partial charge >= 0.3 is 0 Å². The quantitative estimate of drug-likeness (QED) is 0.740. The molecule has 0 aliphatic rings. The third-order valence-corrected chi connectivity index (χ3v) is 5.47. The van der Waals surface area contributed by atoms with Gasteiger partial charge in [-0.05, 0) is 17.9 Å². The van der Waals surface area contributed by atoms with Gasteiger partial charge in [0, 0.05) is 0 Å². The van der Waals surface area contributed by atoms with E-state index in [4.69, 9.17) is 4.74 Å². The average molecular weight is 345 g/mol. The van der Waals surface area contributed by atoms with Crippen LogP contribution in [0.25, 0.3) is 0 Å². The minimum atomic E-state index is -3.48. The lowest BCUT2D eigenvalue weighted by atomic mass is 10.3. The van der Waals surface area contributed by atoms with Gasteiger partial charge in [0.05, 0.1) is 0 Å². The van der Waals surface area contributed by atoms with E-state index >= 15 is 0 Å². The lowest BCUT2D eigenvalue weighted by molar-refractivity contribution is 0.341. The highest BCUT2D eigenvalue weighted by Crippen LogP contribution is 2.25. The fourth-order valence-electron chi connectivity index (χ4n) is 1.40. The Bertz CT molecular complexity index is 659. The first-order valence-electron chi connectivity index (χ1n) is 6.23. The molecule has 1 aromatic heterocycles. The molecule has 0 aliphatic heterocycles. The lowest BCUT2D eigenvalue weighted by Crippen LogP contribution is -2.21. The largest absolute Gasteiger partial charge is 0.492 e. The van der Waals surface area contributed by atoms with Crippen molar-refractivity contribution in [1.29, 1.82) is 0 Å². The molecule has 0 radical (unpaired) electrons. The normalized spacial score (nSPS) is 11.3. The molecule has 0 amide bonds. The minimum absolute atomic E-state index is 0.0781. The second kappa shape index (κ2) is 7.62. The first-order valence-corrected chi connectivity index (χ1v) is 9.69. The molecule has 0 spiro atoms. The van der Waals surface area contributed by atoms with Gasteiger partial charge in [-0.25, -0.2) is 8.42 Å². The highest BCUT2D eigenvalue weighted by atomic mass is 32.2. The first kappa shape index (κ1) is 16.1. The van der Waals surface area contributed by atoms with E-state index in [0.29, 0.717) is 5.75 Å². The van der Waals surface area contributed by atoms with Gasteiger partial charge in [0.2, 0.25) is 15.2 Å². The molecule has 0 saturated carbocycles. The van der Waals surface area contributed by atoms with E-state index in [1.54, 1.807) is 12.1 Å². The summed E-state index contributed by atoms with van der Waals surface area (Å²) in [5.74, 6) is 1.37. The van der Waals surface area contributed by atoms with E-state index in [1.165, 1.54) is 23.1 Å². The van der Waals surface area contributed by atoms with Gasteiger partial charge in [0.15, 0.2) is 4.34 Å². The van der Waals surface area contributed by atoms with E-state index in [-0.39, 0.29) is 17.5 Å². The second-order valence-electron chi connectivity index (χ2n) is 3.89. The van der Waals surface area contributed by atoms with Gasteiger partial charge in [-0.2, -0.15) is 0 Å². The highest BCUT2D eigenvalue weighted by Gasteiger charge is 2.14. The number of sulfonamides is 1. The van der Waals surface area contributed by atoms with Crippen LogP contribution >= 0.6 is 23.1 Å². The van der Waals surface area contributed by atoms with E-state index in [0.717, 1.165) is 10.1 Å². The molecule has 21 heavy (non-hydrogen) atoms. The molecule has 1 heterocycles. The molecule has 1 aromatic carbocycles. The minimum Gasteiger partial charge on any atom is -0.492 e. The Kier molecular flexibility index (Phi) is 5.83. The summed E-state index contributed by atoms with van der Waals surface area (Å²) in [6.45, 7) is 2.07. The number of hydrogen-bond donors (Lipinski definition) is 1. The fourth-order valence-corrected chi connectivity index (χ4v) is 4.16. The number of rotatable bonds is 8. The Hall–Kier alpha value is -1.32. The van der Waals surface area contributed by atoms with Crippen LogP contribution in [0.5, 0.6) is 5.75 Å². The van der Waals surface area contributed by atoms with E-state index in [2.05, 4.69) is 14.9 Å². The molecular formula is C12H15N3O3S3. The zero-order valence-electron chi connectivity index (χ0n) is 11.4. The zero-order valence-corrected chi connectivity index (χ0v) is 13.8. The van der Waals surface area contributed by atoms with Gasteiger partial charge in [0.1, 0.15) is 18.1 Å². The van der Waals surface area contributed by atoms with Crippen molar-refractivity contribution >= 4 is 38.3 Å². The highest BCUT2D eigenvalue weighted by molar-refractivity contribution is 8.01. The summed E-state index contributed by atoms with van der Waals surface area (Å²) in [6.07, 6.45) is 0. The van der Waals surface area contributed by atoms with Crippen molar-refractivity contribution < 1.29 is 13.2 Å². The van der Waals surface area contributed by atoms with Crippen molar-refractivity contribution in [1.82, 2.24) is 10.2 Å². The van der Waals surface area contributed by atoms with Crippen molar-refractivity contribution in [2.45, 2.75) is 11.3 Å². The summed E-state index contributed by atoms with van der Waals surface area (Å²) in [4.78, 5) is 0. The van der Waals surface area contributed by atoms with Gasteiger partial charge < -0.3 is 4.74 Å². The third-order valence-electron chi connectivity index (χ3n) is 2.28. The van der Waals surface area contributed by atoms with E-state index < -0.39 is 10.0 Å². The molecule has 1 N–H and O–H groups in total. The number of thioether (sulfide) groups is 1. The molecule has 0 atom stereocenters. The van der Waals surface area contributed by atoms with Gasteiger partial charge in [-0.1, -0.05) is 48.2 Å². The number of anilines is 1. The summed E-state index contributed by atoms with van der Waals surface area (Å²) < 4.78 is 32.3. The summed E-state index contributed by atoms with van der Waals surface area (Å²) in [7, 11) is -3.48. The molecular weight excluding hydrogens is 330 g/mol. The number of ether oxygens (including phenoxy) is 1. The summed E-state index contributed by atoms with van der Waals surface area (Å²) in [5.41, 5.74) is 0. The van der Waals surface area contributed by atoms with Crippen molar-refractivity contribution in [3.63, 3.8) is 0 Å². The summed E-state index contributed by atoms with van der Waals surface area (Å²) in [6, 6.07) is 9.08. The Labute approximate surface area is 132 Å². The Balaban J connectivity index is 1.83. The van der Waals surface area contributed by atoms with Crippen LogP contribution in [0.15, 0.2) is 34.7 Å². The molecule has 0 fully saturated rings. The molecule has 114 valence electrons. The molecule has 6 nitrogen and oxygen atoms in total. The third kappa shape index (κ3) is 5.52. The summed E-state index contributed by atoms with van der Waals surface area (Å²) in [5, 5.41) is 7.98. The monoisotopic (exact) mass is 345 g/mol. The molecule has 0 bridgehead atoms. The Morgan fingerprint density at radius 3 is 2.76 bits per heavy atom. The SMILES string of the molecule is CCSc1nnc(NS(=O)(=O)CCOc2ccccc2)s1. The van der Waals surface area contributed by atoms with E-state index in [1.807, 2.05) is 25.1 Å². The van der Waals surface area contributed by atoms with Crippen LogP contribution in [0, 0.1) is 0 Å². The molecule has 0 unspecified atom stereocenters. The number of hydrogen-bond acceptors (Lipinski definition) is 7. The van der Waals surface area contributed by atoms with Crippen LogP contribution in [-0.2, 0) is 10.0 Å². The fraction of sp³-hybridized carbons (Fsp3) is 0.333. The van der Waals surface area contributed by atoms with Crippen molar-refractivity contribution in [2.24, 2.45) is 0 Å². The van der Waals surface area contributed by atoms with Gasteiger partial charge in [-0.15, -0.1) is 10.2 Å². The number of aromatic nitrogens is 2. The van der Waals surface area contributed by atoms with Crippen LogP contribution in [0.3, 0.4) is 0 Å². The van der Waals surface area contributed by atoms with E-state index in [9.17, 15) is 8.42 Å². The molecule has 0 aliphatic carbocycles. The predicted octanol–water partition coefficient (Wildman–Crippen LogP) is 2.47. The Morgan fingerprint density at radius 1 is 1.29 bits per heavy atom.